The summed E-state index contributed by atoms with van der Waals surface area (Å²) in [5.41, 5.74) is 1.32. The average molecular weight is 448 g/mol. The predicted molar refractivity (Wildman–Crippen MR) is 119 cm³/mol. The van der Waals surface area contributed by atoms with Gasteiger partial charge in [-0.3, -0.25) is 14.9 Å². The molecule has 0 saturated carbocycles. The van der Waals surface area contributed by atoms with Gasteiger partial charge in [-0.05, 0) is 55.5 Å². The van der Waals surface area contributed by atoms with Crippen LogP contribution in [0.25, 0.3) is 0 Å². The topological polar surface area (TPSA) is 79.9 Å². The van der Waals surface area contributed by atoms with E-state index < -0.39 is 0 Å². The fraction of sp³-hybridized carbons (Fsp3) is 0.286. The first-order valence-electron chi connectivity index (χ1n) is 9.49. The highest BCUT2D eigenvalue weighted by molar-refractivity contribution is 7.80. The van der Waals surface area contributed by atoms with Gasteiger partial charge in [-0.15, -0.1) is 0 Å². The molecule has 0 unspecified atom stereocenters. The van der Waals surface area contributed by atoms with Gasteiger partial charge in [-0.25, -0.2) is 0 Å². The van der Waals surface area contributed by atoms with Crippen LogP contribution in [0.3, 0.4) is 0 Å². The first-order valence-corrected chi connectivity index (χ1v) is 10.3. The van der Waals surface area contributed by atoms with Gasteiger partial charge in [-0.2, -0.15) is 0 Å². The number of benzene rings is 2. The Kier molecular flexibility index (Phi) is 7.62. The number of hydrogen-bond donors (Lipinski definition) is 2. The molecule has 9 heteroatoms. The van der Waals surface area contributed by atoms with Gasteiger partial charge in [0.25, 0.3) is 11.8 Å². The van der Waals surface area contributed by atoms with Crippen molar-refractivity contribution in [3.63, 3.8) is 0 Å². The van der Waals surface area contributed by atoms with E-state index in [1.54, 1.807) is 47.4 Å². The normalized spacial score (nSPS) is 13.5. The van der Waals surface area contributed by atoms with Crippen LogP contribution < -0.4 is 15.4 Å². The van der Waals surface area contributed by atoms with Gasteiger partial charge in [0.15, 0.2) is 5.11 Å². The lowest BCUT2D eigenvalue weighted by Crippen LogP contribution is -2.40. The van der Waals surface area contributed by atoms with Crippen molar-refractivity contribution in [2.75, 3.05) is 38.2 Å². The van der Waals surface area contributed by atoms with Crippen LogP contribution in [-0.2, 0) is 4.74 Å². The van der Waals surface area contributed by atoms with Crippen molar-refractivity contribution >= 4 is 46.4 Å². The van der Waals surface area contributed by atoms with Crippen molar-refractivity contribution in [3.8, 4) is 5.75 Å². The summed E-state index contributed by atoms with van der Waals surface area (Å²) in [5, 5.41) is 5.95. The Morgan fingerprint density at radius 3 is 2.67 bits per heavy atom. The molecule has 0 aliphatic carbocycles. The minimum atomic E-state index is -0.384. The number of carbonyl (C=O) groups is 2. The van der Waals surface area contributed by atoms with Gasteiger partial charge in [0.05, 0.1) is 30.5 Å². The molecule has 1 saturated heterocycles. The van der Waals surface area contributed by atoms with Gasteiger partial charge in [0.1, 0.15) is 5.75 Å². The summed E-state index contributed by atoms with van der Waals surface area (Å²) in [4.78, 5) is 26.9. The third-order valence-corrected chi connectivity index (χ3v) is 4.93. The SMILES string of the molecule is CCOc1cccc(C(=O)NC(=S)Nc2cc(C(=O)N3CCOCC3)ccc2Cl)c1. The van der Waals surface area contributed by atoms with E-state index in [0.717, 1.165) is 0 Å². The van der Waals surface area contributed by atoms with Crippen LogP contribution in [0.1, 0.15) is 27.6 Å². The monoisotopic (exact) mass is 447 g/mol. The number of amides is 2. The molecule has 7 nitrogen and oxygen atoms in total. The van der Waals surface area contributed by atoms with Crippen LogP contribution in [0, 0.1) is 0 Å². The highest BCUT2D eigenvalue weighted by Crippen LogP contribution is 2.24. The average Bonchev–Trinajstić information content (AvgIpc) is 2.76. The van der Waals surface area contributed by atoms with E-state index >= 15 is 0 Å². The third-order valence-electron chi connectivity index (χ3n) is 4.39. The summed E-state index contributed by atoms with van der Waals surface area (Å²) in [6.45, 7) is 4.49. The van der Waals surface area contributed by atoms with Gasteiger partial charge in [0, 0.05) is 24.2 Å². The van der Waals surface area contributed by atoms with Crippen molar-refractivity contribution in [1.82, 2.24) is 10.2 Å². The molecule has 3 rings (SSSR count). The minimum Gasteiger partial charge on any atom is -0.494 e. The summed E-state index contributed by atoms with van der Waals surface area (Å²) in [6, 6.07) is 11.7. The summed E-state index contributed by atoms with van der Waals surface area (Å²) < 4.78 is 10.7. The quantitative estimate of drug-likeness (QED) is 0.684. The van der Waals surface area contributed by atoms with Crippen molar-refractivity contribution in [2.45, 2.75) is 6.92 Å². The van der Waals surface area contributed by atoms with E-state index in [2.05, 4.69) is 10.6 Å². The smallest absolute Gasteiger partial charge is 0.257 e. The fourth-order valence-corrected chi connectivity index (χ4v) is 3.29. The number of halogens is 1. The maximum absolute atomic E-state index is 12.7. The lowest BCUT2D eigenvalue weighted by molar-refractivity contribution is 0.0303. The lowest BCUT2D eigenvalue weighted by atomic mass is 10.1. The van der Waals surface area contributed by atoms with Gasteiger partial charge >= 0.3 is 0 Å². The number of nitrogens with zero attached hydrogens (tertiary/aromatic N) is 1. The second-order valence-corrected chi connectivity index (χ2v) is 7.28. The Morgan fingerprint density at radius 1 is 1.17 bits per heavy atom. The molecule has 158 valence electrons. The highest BCUT2D eigenvalue weighted by atomic mass is 35.5. The number of anilines is 1. The fourth-order valence-electron chi connectivity index (χ4n) is 2.93. The molecule has 2 aromatic rings. The largest absolute Gasteiger partial charge is 0.494 e. The summed E-state index contributed by atoms with van der Waals surface area (Å²) in [6.07, 6.45) is 0. The summed E-state index contributed by atoms with van der Waals surface area (Å²) in [7, 11) is 0. The number of thiocarbonyl (C=S) groups is 1. The zero-order valence-electron chi connectivity index (χ0n) is 16.4. The number of morpholine rings is 1. The second kappa shape index (κ2) is 10.4. The van der Waals surface area contributed by atoms with E-state index in [1.807, 2.05) is 6.92 Å². The molecule has 30 heavy (non-hydrogen) atoms. The Balaban J connectivity index is 1.66. The van der Waals surface area contributed by atoms with Crippen LogP contribution in [0.2, 0.25) is 5.02 Å². The molecule has 0 atom stereocenters. The van der Waals surface area contributed by atoms with Crippen molar-refractivity contribution < 1.29 is 19.1 Å². The highest BCUT2D eigenvalue weighted by Gasteiger charge is 2.19. The molecule has 1 heterocycles. The number of nitrogens with one attached hydrogen (secondary N) is 2. The Hall–Kier alpha value is -2.68. The number of carbonyl (C=O) groups excluding carboxylic acids is 2. The van der Waals surface area contributed by atoms with E-state index in [1.165, 1.54) is 0 Å². The molecule has 0 aromatic heterocycles. The van der Waals surface area contributed by atoms with E-state index in [9.17, 15) is 9.59 Å². The van der Waals surface area contributed by atoms with E-state index in [4.69, 9.17) is 33.3 Å². The number of rotatable bonds is 5. The molecule has 0 radical (unpaired) electrons. The lowest BCUT2D eigenvalue weighted by Gasteiger charge is -2.27. The van der Waals surface area contributed by atoms with Crippen LogP contribution in [0.15, 0.2) is 42.5 Å². The number of ether oxygens (including phenoxy) is 2. The maximum Gasteiger partial charge on any atom is 0.257 e. The Bertz CT molecular complexity index is 948. The van der Waals surface area contributed by atoms with Crippen LogP contribution in [0.5, 0.6) is 5.75 Å². The Labute approximate surface area is 185 Å². The molecule has 2 amide bonds. The molecule has 1 fully saturated rings. The standard InChI is InChI=1S/C21H22ClN3O4S/c1-2-29-16-5-3-4-14(12-16)19(26)24-21(30)23-18-13-15(6-7-17(18)22)20(27)25-8-10-28-11-9-25/h3-7,12-13H,2,8-11H2,1H3,(H2,23,24,26,30). The molecular weight excluding hydrogens is 426 g/mol. The minimum absolute atomic E-state index is 0.0692. The molecule has 2 aromatic carbocycles. The van der Waals surface area contributed by atoms with Crippen molar-refractivity contribution in [3.05, 3.63) is 58.6 Å². The van der Waals surface area contributed by atoms with Crippen LogP contribution in [0.4, 0.5) is 5.69 Å². The predicted octanol–water partition coefficient (Wildman–Crippen LogP) is 3.34. The van der Waals surface area contributed by atoms with Gasteiger partial charge in [0.2, 0.25) is 0 Å². The zero-order chi connectivity index (χ0) is 21.5. The third kappa shape index (κ3) is 5.69. The maximum atomic E-state index is 12.7. The first-order chi connectivity index (χ1) is 14.5. The second-order valence-electron chi connectivity index (χ2n) is 6.47. The van der Waals surface area contributed by atoms with Crippen molar-refractivity contribution in [2.24, 2.45) is 0 Å². The molecule has 2 N–H and O–H groups in total. The van der Waals surface area contributed by atoms with Gasteiger partial charge in [-0.1, -0.05) is 17.7 Å². The molecule has 0 spiro atoms. The molecular formula is C21H22ClN3O4S. The molecule has 1 aliphatic heterocycles. The van der Waals surface area contributed by atoms with E-state index in [-0.39, 0.29) is 16.9 Å². The van der Waals surface area contributed by atoms with Gasteiger partial charge < -0.3 is 19.7 Å². The van der Waals surface area contributed by atoms with E-state index in [0.29, 0.717) is 60.5 Å². The van der Waals surface area contributed by atoms with Crippen LogP contribution in [-0.4, -0.2) is 54.7 Å². The summed E-state index contributed by atoms with van der Waals surface area (Å²) in [5.74, 6) is 0.104. The Morgan fingerprint density at radius 2 is 1.93 bits per heavy atom. The molecule has 0 bridgehead atoms. The first kappa shape index (κ1) is 22.0. The zero-order valence-corrected chi connectivity index (χ0v) is 18.0. The summed E-state index contributed by atoms with van der Waals surface area (Å²) >= 11 is 11.5. The molecule has 1 aliphatic rings. The number of hydrogen-bond acceptors (Lipinski definition) is 5. The van der Waals surface area contributed by atoms with Crippen molar-refractivity contribution in [1.29, 1.82) is 0 Å². The van der Waals surface area contributed by atoms with Crippen LogP contribution >= 0.6 is 23.8 Å².